The number of hydrogen-bond donors (Lipinski definition) is 2. The molecule has 21 heavy (non-hydrogen) atoms. The standard InChI is InChI=1S/C17H26N2O2/c1-13(2)16(15-8-5-4-6-9-15)12-17(21)19-11-7-10-18-14(3)20/h4-6,8-9,13,16H,7,10-12H2,1-3H3,(H,18,20)(H,19,21). The van der Waals surface area contributed by atoms with E-state index in [2.05, 4.69) is 36.6 Å². The molecule has 4 heteroatoms. The normalized spacial score (nSPS) is 12.0. The fourth-order valence-electron chi connectivity index (χ4n) is 2.29. The van der Waals surface area contributed by atoms with Gasteiger partial charge in [0.1, 0.15) is 0 Å². The Morgan fingerprint density at radius 1 is 1.05 bits per heavy atom. The Hall–Kier alpha value is -1.84. The van der Waals surface area contributed by atoms with E-state index in [4.69, 9.17) is 0 Å². The van der Waals surface area contributed by atoms with Crippen molar-refractivity contribution in [1.29, 1.82) is 0 Å². The molecule has 0 heterocycles. The second-order valence-electron chi connectivity index (χ2n) is 5.65. The topological polar surface area (TPSA) is 58.2 Å². The summed E-state index contributed by atoms with van der Waals surface area (Å²) in [7, 11) is 0. The minimum atomic E-state index is -0.0368. The van der Waals surface area contributed by atoms with Crippen LogP contribution in [0.1, 0.15) is 45.1 Å². The summed E-state index contributed by atoms with van der Waals surface area (Å²) < 4.78 is 0. The van der Waals surface area contributed by atoms with Gasteiger partial charge in [-0.2, -0.15) is 0 Å². The van der Waals surface area contributed by atoms with Crippen molar-refractivity contribution < 1.29 is 9.59 Å². The van der Waals surface area contributed by atoms with Crippen molar-refractivity contribution in [1.82, 2.24) is 10.6 Å². The summed E-state index contributed by atoms with van der Waals surface area (Å²) >= 11 is 0. The molecule has 1 aromatic rings. The Kier molecular flexibility index (Phi) is 7.51. The van der Waals surface area contributed by atoms with Crippen LogP contribution in [0.2, 0.25) is 0 Å². The van der Waals surface area contributed by atoms with Crippen molar-refractivity contribution in [2.75, 3.05) is 13.1 Å². The molecule has 0 saturated carbocycles. The fourth-order valence-corrected chi connectivity index (χ4v) is 2.29. The molecular formula is C17H26N2O2. The Balaban J connectivity index is 2.38. The summed E-state index contributed by atoms with van der Waals surface area (Å²) in [5.74, 6) is 0.685. The summed E-state index contributed by atoms with van der Waals surface area (Å²) in [6.45, 7) is 6.97. The van der Waals surface area contributed by atoms with Crippen LogP contribution in [0.5, 0.6) is 0 Å². The van der Waals surface area contributed by atoms with Gasteiger partial charge in [-0.3, -0.25) is 9.59 Å². The molecule has 1 unspecified atom stereocenters. The number of rotatable bonds is 8. The second kappa shape index (κ2) is 9.16. The lowest BCUT2D eigenvalue weighted by Crippen LogP contribution is -2.30. The van der Waals surface area contributed by atoms with E-state index in [9.17, 15) is 9.59 Å². The first kappa shape index (κ1) is 17.2. The lowest BCUT2D eigenvalue weighted by atomic mass is 9.85. The van der Waals surface area contributed by atoms with E-state index in [1.165, 1.54) is 12.5 Å². The summed E-state index contributed by atoms with van der Waals surface area (Å²) in [4.78, 5) is 22.7. The average Bonchev–Trinajstić information content (AvgIpc) is 2.44. The molecule has 0 aromatic heterocycles. The summed E-state index contributed by atoms with van der Waals surface area (Å²) in [5, 5.41) is 5.64. The average molecular weight is 290 g/mol. The Morgan fingerprint density at radius 3 is 2.24 bits per heavy atom. The molecule has 1 atom stereocenters. The highest BCUT2D eigenvalue weighted by atomic mass is 16.2. The molecular weight excluding hydrogens is 264 g/mol. The van der Waals surface area contributed by atoms with Gasteiger partial charge in [-0.25, -0.2) is 0 Å². The Labute approximate surface area is 127 Å². The van der Waals surface area contributed by atoms with Gasteiger partial charge in [-0.1, -0.05) is 44.2 Å². The van der Waals surface area contributed by atoms with Crippen molar-refractivity contribution in [3.8, 4) is 0 Å². The minimum absolute atomic E-state index is 0.0368. The van der Waals surface area contributed by atoms with Gasteiger partial charge in [-0.05, 0) is 23.8 Å². The first-order valence-corrected chi connectivity index (χ1v) is 7.56. The molecule has 1 rings (SSSR count). The highest BCUT2D eigenvalue weighted by Crippen LogP contribution is 2.27. The quantitative estimate of drug-likeness (QED) is 0.723. The molecule has 0 aliphatic carbocycles. The molecule has 0 saturated heterocycles. The van der Waals surface area contributed by atoms with E-state index in [0.29, 0.717) is 25.4 Å². The van der Waals surface area contributed by atoms with Gasteiger partial charge in [0.05, 0.1) is 0 Å². The van der Waals surface area contributed by atoms with Crippen molar-refractivity contribution in [2.24, 2.45) is 5.92 Å². The van der Waals surface area contributed by atoms with E-state index in [-0.39, 0.29) is 17.7 Å². The van der Waals surface area contributed by atoms with Crippen molar-refractivity contribution in [3.05, 3.63) is 35.9 Å². The molecule has 0 spiro atoms. The van der Waals surface area contributed by atoms with Gasteiger partial charge in [0.25, 0.3) is 0 Å². The monoisotopic (exact) mass is 290 g/mol. The highest BCUT2D eigenvalue weighted by molar-refractivity contribution is 5.77. The third-order valence-corrected chi connectivity index (χ3v) is 3.49. The molecule has 0 bridgehead atoms. The third-order valence-electron chi connectivity index (χ3n) is 3.49. The SMILES string of the molecule is CC(=O)NCCCNC(=O)CC(c1ccccc1)C(C)C. The maximum atomic E-state index is 12.0. The fraction of sp³-hybridized carbons (Fsp3) is 0.529. The molecule has 116 valence electrons. The number of hydrogen-bond acceptors (Lipinski definition) is 2. The lowest BCUT2D eigenvalue weighted by Gasteiger charge is -2.21. The maximum Gasteiger partial charge on any atom is 0.220 e. The van der Waals surface area contributed by atoms with Gasteiger partial charge < -0.3 is 10.6 Å². The zero-order valence-electron chi connectivity index (χ0n) is 13.2. The Morgan fingerprint density at radius 2 is 1.67 bits per heavy atom. The maximum absolute atomic E-state index is 12.0. The van der Waals surface area contributed by atoms with Crippen LogP contribution < -0.4 is 10.6 Å². The number of carbonyl (C=O) groups excluding carboxylic acids is 2. The van der Waals surface area contributed by atoms with Crippen LogP contribution in [-0.4, -0.2) is 24.9 Å². The van der Waals surface area contributed by atoms with Crippen LogP contribution in [0, 0.1) is 5.92 Å². The second-order valence-corrected chi connectivity index (χ2v) is 5.65. The largest absolute Gasteiger partial charge is 0.356 e. The first-order valence-electron chi connectivity index (χ1n) is 7.56. The van der Waals surface area contributed by atoms with Crippen molar-refractivity contribution >= 4 is 11.8 Å². The zero-order chi connectivity index (χ0) is 15.7. The molecule has 0 aliphatic heterocycles. The van der Waals surface area contributed by atoms with E-state index >= 15 is 0 Å². The molecule has 2 N–H and O–H groups in total. The van der Waals surface area contributed by atoms with E-state index in [1.807, 2.05) is 18.2 Å². The van der Waals surface area contributed by atoms with Crippen molar-refractivity contribution in [2.45, 2.75) is 39.5 Å². The molecule has 0 radical (unpaired) electrons. The van der Waals surface area contributed by atoms with Crippen LogP contribution in [0.15, 0.2) is 30.3 Å². The van der Waals surface area contributed by atoms with Crippen LogP contribution in [0.3, 0.4) is 0 Å². The van der Waals surface area contributed by atoms with E-state index < -0.39 is 0 Å². The van der Waals surface area contributed by atoms with E-state index in [0.717, 1.165) is 6.42 Å². The van der Waals surface area contributed by atoms with Crippen LogP contribution in [0.25, 0.3) is 0 Å². The highest BCUT2D eigenvalue weighted by Gasteiger charge is 2.19. The van der Waals surface area contributed by atoms with Gasteiger partial charge in [-0.15, -0.1) is 0 Å². The number of carbonyl (C=O) groups is 2. The first-order chi connectivity index (χ1) is 10.0. The van der Waals surface area contributed by atoms with Gasteiger partial charge in [0.2, 0.25) is 11.8 Å². The third kappa shape index (κ3) is 6.93. The summed E-state index contributed by atoms with van der Waals surface area (Å²) in [5.41, 5.74) is 1.21. The molecule has 0 fully saturated rings. The zero-order valence-corrected chi connectivity index (χ0v) is 13.2. The number of amides is 2. The van der Waals surface area contributed by atoms with Gasteiger partial charge in [0.15, 0.2) is 0 Å². The minimum Gasteiger partial charge on any atom is -0.356 e. The summed E-state index contributed by atoms with van der Waals surface area (Å²) in [6.07, 6.45) is 1.25. The van der Waals surface area contributed by atoms with Gasteiger partial charge in [0, 0.05) is 26.4 Å². The summed E-state index contributed by atoms with van der Waals surface area (Å²) in [6, 6.07) is 10.2. The Bertz CT molecular complexity index is 443. The molecule has 0 aliphatic rings. The van der Waals surface area contributed by atoms with E-state index in [1.54, 1.807) is 0 Å². The van der Waals surface area contributed by atoms with Crippen LogP contribution in [0.4, 0.5) is 0 Å². The van der Waals surface area contributed by atoms with Crippen molar-refractivity contribution in [3.63, 3.8) is 0 Å². The van der Waals surface area contributed by atoms with Crippen LogP contribution in [-0.2, 0) is 9.59 Å². The molecule has 1 aromatic carbocycles. The smallest absolute Gasteiger partial charge is 0.220 e. The number of benzene rings is 1. The molecule has 2 amide bonds. The number of nitrogens with one attached hydrogen (secondary N) is 2. The van der Waals surface area contributed by atoms with Crippen LogP contribution >= 0.6 is 0 Å². The predicted octanol–water partition coefficient (Wildman–Crippen LogP) is 2.46. The van der Waals surface area contributed by atoms with Gasteiger partial charge >= 0.3 is 0 Å². The lowest BCUT2D eigenvalue weighted by molar-refractivity contribution is -0.121. The predicted molar refractivity (Wildman–Crippen MR) is 84.9 cm³/mol. The molecule has 4 nitrogen and oxygen atoms in total.